The number of alkyl halides is 2. The predicted octanol–water partition coefficient (Wildman–Crippen LogP) is 5.25. The van der Waals surface area contributed by atoms with Crippen molar-refractivity contribution in [2.75, 3.05) is 18.1 Å². The minimum atomic E-state index is -3.21. The number of hydrogen-bond acceptors (Lipinski definition) is 6. The van der Waals surface area contributed by atoms with Crippen LogP contribution in [0.3, 0.4) is 0 Å². The Morgan fingerprint density at radius 1 is 1.16 bits per heavy atom. The van der Waals surface area contributed by atoms with Crippen LogP contribution in [0.2, 0.25) is 25.7 Å². The second-order valence-corrected chi connectivity index (χ2v) is 16.1. The van der Waals surface area contributed by atoms with Gasteiger partial charge in [-0.2, -0.15) is 34.8 Å². The fourth-order valence-electron chi connectivity index (χ4n) is 4.32. The van der Waals surface area contributed by atoms with Crippen molar-refractivity contribution in [1.82, 2.24) is 25.0 Å². The Bertz CT molecular complexity index is 1270. The van der Waals surface area contributed by atoms with E-state index in [9.17, 15) is 22.4 Å². The number of rotatable bonds is 10. The minimum Gasteiger partial charge on any atom is -0.362 e. The topological polar surface area (TPSA) is 86.0 Å². The number of anilines is 1. The number of carbonyl (C=O) groups excluding carboxylic acids is 1. The number of hydrogen-bond donors (Lipinski definition) is 0. The zero-order valence-electron chi connectivity index (χ0n) is 21.5. The van der Waals surface area contributed by atoms with Crippen molar-refractivity contribution < 1.29 is 27.1 Å². The third kappa shape index (κ3) is 6.44. The fraction of sp³-hybridized carbons (Fsp3) is 0.480. The van der Waals surface area contributed by atoms with E-state index in [1.54, 1.807) is 6.07 Å². The first kappa shape index (κ1) is 27.8. The van der Waals surface area contributed by atoms with Gasteiger partial charge in [-0.05, 0) is 37.0 Å². The van der Waals surface area contributed by atoms with Crippen molar-refractivity contribution >= 4 is 19.9 Å². The maximum Gasteiger partial charge on any atom is 0.267 e. The Labute approximate surface area is 219 Å². The molecular formula is C25H30F4N6O2Si-. The summed E-state index contributed by atoms with van der Waals surface area (Å²) in [4.78, 5) is 19.6. The van der Waals surface area contributed by atoms with Gasteiger partial charge in [0.25, 0.3) is 6.43 Å². The van der Waals surface area contributed by atoms with Gasteiger partial charge in [-0.1, -0.05) is 6.07 Å². The van der Waals surface area contributed by atoms with Crippen LogP contribution < -0.4 is 4.90 Å². The van der Waals surface area contributed by atoms with Gasteiger partial charge in [0.1, 0.15) is 6.73 Å². The SMILES string of the molecule is C[Si-](C)(C)CCOCn1nc(-c2ccnnc2)nc1N1CCCC(Cc2ccc(F)c(F)c2C(F)F)C1=O. The molecule has 0 aliphatic carbocycles. The van der Waals surface area contributed by atoms with Crippen molar-refractivity contribution in [3.63, 3.8) is 0 Å². The molecule has 1 aromatic carbocycles. The normalized spacial score (nSPS) is 16.5. The van der Waals surface area contributed by atoms with Gasteiger partial charge in [0.15, 0.2) is 17.5 Å². The van der Waals surface area contributed by atoms with Crippen LogP contribution in [0.25, 0.3) is 11.4 Å². The van der Waals surface area contributed by atoms with Gasteiger partial charge in [0, 0.05) is 24.6 Å². The standard InChI is InChI=1S/C25H30F4N6O2Si/c1-38(2,3)12-11-37-15-35-25(32-23(33-35)18-8-9-30-31-14-18)34-10-4-5-17(24(34)36)13-16-6-7-19(26)21(27)20(16)22(28)29/h6-9,14,17,22H,4-5,10-13,15H2,1-3H3/q-1. The second-order valence-electron chi connectivity index (χ2n) is 10.5. The molecule has 0 spiro atoms. The molecule has 205 valence electrons. The van der Waals surface area contributed by atoms with E-state index in [-0.39, 0.29) is 30.6 Å². The first-order valence-corrected chi connectivity index (χ1v) is 16.1. The Kier molecular flexibility index (Phi) is 8.56. The molecule has 1 aliphatic heterocycles. The smallest absolute Gasteiger partial charge is 0.267 e. The van der Waals surface area contributed by atoms with Gasteiger partial charge >= 0.3 is 0 Å². The Hall–Kier alpha value is -3.19. The van der Waals surface area contributed by atoms with Crippen LogP contribution in [-0.2, 0) is 22.7 Å². The Balaban J connectivity index is 1.60. The van der Waals surface area contributed by atoms with Crippen molar-refractivity contribution in [3.05, 3.63) is 53.4 Å². The number of carbonyl (C=O) groups is 1. The molecule has 2 aromatic heterocycles. The van der Waals surface area contributed by atoms with Crippen LogP contribution in [0.5, 0.6) is 0 Å². The molecule has 0 saturated carbocycles. The van der Waals surface area contributed by atoms with Gasteiger partial charge in [-0.15, -0.1) is 19.2 Å². The summed E-state index contributed by atoms with van der Waals surface area (Å²) < 4.78 is 62.3. The first-order chi connectivity index (χ1) is 18.0. The largest absolute Gasteiger partial charge is 0.362 e. The monoisotopic (exact) mass is 550 g/mol. The van der Waals surface area contributed by atoms with E-state index in [0.29, 0.717) is 37.4 Å². The van der Waals surface area contributed by atoms with E-state index in [4.69, 9.17) is 4.74 Å². The molecule has 3 heterocycles. The summed E-state index contributed by atoms with van der Waals surface area (Å²) in [6, 6.07) is 4.57. The summed E-state index contributed by atoms with van der Waals surface area (Å²) in [5, 5.41) is 12.2. The Morgan fingerprint density at radius 2 is 1.95 bits per heavy atom. The molecule has 38 heavy (non-hydrogen) atoms. The molecular weight excluding hydrogens is 520 g/mol. The summed E-state index contributed by atoms with van der Waals surface area (Å²) in [7, 11) is -1.32. The van der Waals surface area contributed by atoms with Crippen LogP contribution in [0.15, 0.2) is 30.6 Å². The molecule has 1 fully saturated rings. The summed E-state index contributed by atoms with van der Waals surface area (Å²) in [6.45, 7) is 7.67. The van der Waals surface area contributed by atoms with Crippen LogP contribution >= 0.6 is 0 Å². The van der Waals surface area contributed by atoms with Gasteiger partial charge in [0.05, 0.1) is 18.0 Å². The summed E-state index contributed by atoms with van der Waals surface area (Å²) in [6.07, 6.45) is 0.645. The third-order valence-corrected chi connectivity index (χ3v) is 8.11. The zero-order valence-corrected chi connectivity index (χ0v) is 22.5. The van der Waals surface area contributed by atoms with E-state index in [0.717, 1.165) is 18.2 Å². The zero-order chi connectivity index (χ0) is 27.4. The quantitative estimate of drug-likeness (QED) is 0.195. The molecule has 1 aliphatic rings. The maximum absolute atomic E-state index is 14.2. The number of halogens is 4. The molecule has 0 N–H and O–H groups in total. The highest BCUT2D eigenvalue weighted by molar-refractivity contribution is 6.76. The molecule has 1 saturated heterocycles. The molecule has 13 heteroatoms. The van der Waals surface area contributed by atoms with E-state index < -0.39 is 37.6 Å². The Morgan fingerprint density at radius 3 is 2.63 bits per heavy atom. The predicted molar refractivity (Wildman–Crippen MR) is 135 cm³/mol. The molecule has 4 rings (SSSR count). The maximum atomic E-state index is 14.2. The molecule has 1 amide bonds. The van der Waals surface area contributed by atoms with Crippen LogP contribution in [0.1, 0.15) is 30.4 Å². The second kappa shape index (κ2) is 11.7. The number of amides is 1. The van der Waals surface area contributed by atoms with Crippen molar-refractivity contribution in [2.24, 2.45) is 5.92 Å². The highest BCUT2D eigenvalue weighted by atomic mass is 28.3. The lowest BCUT2D eigenvalue weighted by Gasteiger charge is -2.32. The molecule has 0 bridgehead atoms. The number of ether oxygens (including phenoxy) is 1. The molecule has 8 nitrogen and oxygen atoms in total. The van der Waals surface area contributed by atoms with E-state index in [2.05, 4.69) is 39.9 Å². The van der Waals surface area contributed by atoms with Crippen molar-refractivity contribution in [3.8, 4) is 11.4 Å². The highest BCUT2D eigenvalue weighted by Gasteiger charge is 2.34. The lowest BCUT2D eigenvalue weighted by atomic mass is 9.88. The van der Waals surface area contributed by atoms with Crippen LogP contribution in [0.4, 0.5) is 23.5 Å². The molecule has 1 atom stereocenters. The van der Waals surface area contributed by atoms with Crippen LogP contribution in [0, 0.1) is 17.6 Å². The third-order valence-electron chi connectivity index (χ3n) is 6.40. The lowest BCUT2D eigenvalue weighted by Crippen LogP contribution is -2.43. The number of benzene rings is 1. The molecule has 0 radical (unpaired) electrons. The number of nitrogens with zero attached hydrogens (tertiary/aromatic N) is 6. The van der Waals surface area contributed by atoms with Gasteiger partial charge in [-0.3, -0.25) is 9.69 Å². The molecule has 1 unspecified atom stereocenters. The molecule has 3 aromatic rings. The van der Waals surface area contributed by atoms with E-state index >= 15 is 0 Å². The summed E-state index contributed by atoms with van der Waals surface area (Å²) in [5.41, 5.74) is -0.480. The van der Waals surface area contributed by atoms with Crippen molar-refractivity contribution in [2.45, 2.75) is 58.1 Å². The minimum absolute atomic E-state index is 0.0679. The van der Waals surface area contributed by atoms with Gasteiger partial charge in [-0.25, -0.2) is 22.2 Å². The van der Waals surface area contributed by atoms with E-state index in [1.165, 1.54) is 22.0 Å². The lowest BCUT2D eigenvalue weighted by molar-refractivity contribution is -0.123. The summed E-state index contributed by atoms with van der Waals surface area (Å²) >= 11 is 0. The first-order valence-electron chi connectivity index (χ1n) is 12.4. The summed E-state index contributed by atoms with van der Waals surface area (Å²) in [5.74, 6) is -3.39. The average Bonchev–Trinajstić information content (AvgIpc) is 3.29. The number of piperidine rings is 1. The average molecular weight is 551 g/mol. The van der Waals surface area contributed by atoms with Crippen LogP contribution in [-0.4, -0.2) is 52.1 Å². The number of aromatic nitrogens is 5. The van der Waals surface area contributed by atoms with Crippen molar-refractivity contribution in [1.29, 1.82) is 0 Å². The highest BCUT2D eigenvalue weighted by Crippen LogP contribution is 2.33. The van der Waals surface area contributed by atoms with Gasteiger partial charge < -0.3 is 4.74 Å². The fourth-order valence-corrected chi connectivity index (χ4v) is 5.07. The van der Waals surface area contributed by atoms with Gasteiger partial charge in [0.2, 0.25) is 11.9 Å². The van der Waals surface area contributed by atoms with E-state index in [1.807, 2.05) is 0 Å².